The fourth-order valence-corrected chi connectivity index (χ4v) is 1.97. The molecule has 0 saturated heterocycles. The highest BCUT2D eigenvalue weighted by molar-refractivity contribution is 5.92. The second kappa shape index (κ2) is 11.1. The number of ether oxygens (including phenoxy) is 4. The van der Waals surface area contributed by atoms with Crippen molar-refractivity contribution >= 4 is 18.0 Å². The minimum absolute atomic E-state index is 0.0470. The Balaban J connectivity index is 2.66. The Morgan fingerprint density at radius 1 is 1.00 bits per heavy atom. The SMILES string of the molecule is CCOC(=O)c1cc(OCCCNC(=O)OC(C)(C)C)cc(C(=O)OCC)n1. The molecular weight excluding hydrogens is 368 g/mol. The second-order valence-corrected chi connectivity index (χ2v) is 6.64. The summed E-state index contributed by atoms with van der Waals surface area (Å²) in [5.41, 5.74) is -0.659. The maximum atomic E-state index is 11.9. The summed E-state index contributed by atoms with van der Waals surface area (Å²) in [7, 11) is 0. The zero-order chi connectivity index (χ0) is 21.2. The molecule has 0 atom stereocenters. The zero-order valence-corrected chi connectivity index (χ0v) is 17.0. The van der Waals surface area contributed by atoms with Crippen LogP contribution in [0.25, 0.3) is 0 Å². The number of aromatic nitrogens is 1. The molecule has 1 amide bonds. The number of pyridine rings is 1. The molecule has 9 nitrogen and oxygen atoms in total. The van der Waals surface area contributed by atoms with Gasteiger partial charge in [0.25, 0.3) is 0 Å². The van der Waals surface area contributed by atoms with Gasteiger partial charge in [0.05, 0.1) is 19.8 Å². The minimum Gasteiger partial charge on any atom is -0.493 e. The van der Waals surface area contributed by atoms with E-state index >= 15 is 0 Å². The average Bonchev–Trinajstić information content (AvgIpc) is 2.60. The summed E-state index contributed by atoms with van der Waals surface area (Å²) in [4.78, 5) is 39.4. The van der Waals surface area contributed by atoms with Gasteiger partial charge in [-0.3, -0.25) is 0 Å². The standard InChI is InChI=1S/C19H28N2O7/c1-6-25-16(22)14-11-13(12-15(21-14)17(23)26-7-2)27-10-8-9-20-18(24)28-19(3,4)5/h11-12H,6-10H2,1-5H3,(H,20,24). The van der Waals surface area contributed by atoms with Crippen molar-refractivity contribution in [3.05, 3.63) is 23.5 Å². The van der Waals surface area contributed by atoms with Gasteiger partial charge in [-0.15, -0.1) is 0 Å². The molecule has 1 aromatic rings. The molecule has 156 valence electrons. The number of esters is 2. The fraction of sp³-hybridized carbons (Fsp3) is 0.579. The monoisotopic (exact) mass is 396 g/mol. The summed E-state index contributed by atoms with van der Waals surface area (Å²) < 4.78 is 20.5. The maximum Gasteiger partial charge on any atom is 0.407 e. The average molecular weight is 396 g/mol. The van der Waals surface area contributed by atoms with Crippen molar-refractivity contribution in [1.29, 1.82) is 0 Å². The van der Waals surface area contributed by atoms with Gasteiger partial charge in [0.15, 0.2) is 11.4 Å². The molecule has 1 rings (SSSR count). The van der Waals surface area contributed by atoms with Gasteiger partial charge in [0.1, 0.15) is 11.4 Å². The number of hydrogen-bond acceptors (Lipinski definition) is 8. The number of nitrogens with zero attached hydrogens (tertiary/aromatic N) is 1. The van der Waals surface area contributed by atoms with Crippen molar-refractivity contribution in [3.8, 4) is 5.75 Å². The van der Waals surface area contributed by atoms with Crippen LogP contribution in [0.1, 0.15) is 62.0 Å². The lowest BCUT2D eigenvalue weighted by Gasteiger charge is -2.19. The van der Waals surface area contributed by atoms with Crippen LogP contribution in [-0.4, -0.2) is 55.0 Å². The molecule has 0 fully saturated rings. The van der Waals surface area contributed by atoms with Crippen molar-refractivity contribution < 1.29 is 33.3 Å². The van der Waals surface area contributed by atoms with E-state index in [0.29, 0.717) is 13.0 Å². The van der Waals surface area contributed by atoms with Crippen LogP contribution in [0, 0.1) is 0 Å². The lowest BCUT2D eigenvalue weighted by molar-refractivity contribution is 0.0499. The molecule has 9 heteroatoms. The first-order valence-corrected chi connectivity index (χ1v) is 9.12. The van der Waals surface area contributed by atoms with Crippen LogP contribution in [0.3, 0.4) is 0 Å². The largest absolute Gasteiger partial charge is 0.493 e. The van der Waals surface area contributed by atoms with E-state index in [-0.39, 0.29) is 37.0 Å². The van der Waals surface area contributed by atoms with Crippen LogP contribution in [0.4, 0.5) is 4.79 Å². The predicted octanol–water partition coefficient (Wildman–Crippen LogP) is 2.73. The molecule has 0 saturated carbocycles. The van der Waals surface area contributed by atoms with E-state index in [1.165, 1.54) is 12.1 Å². The van der Waals surface area contributed by atoms with E-state index in [2.05, 4.69) is 10.3 Å². The van der Waals surface area contributed by atoms with Gasteiger partial charge in [-0.25, -0.2) is 19.4 Å². The Bertz CT molecular complexity index is 647. The van der Waals surface area contributed by atoms with Crippen LogP contribution < -0.4 is 10.1 Å². The lowest BCUT2D eigenvalue weighted by atomic mass is 10.2. The second-order valence-electron chi connectivity index (χ2n) is 6.64. The normalized spacial score (nSPS) is 10.8. The highest BCUT2D eigenvalue weighted by Gasteiger charge is 2.18. The predicted molar refractivity (Wildman–Crippen MR) is 100 cm³/mol. The molecule has 0 aromatic carbocycles. The van der Waals surface area contributed by atoms with Crippen molar-refractivity contribution in [3.63, 3.8) is 0 Å². The molecule has 28 heavy (non-hydrogen) atoms. The number of nitrogens with one attached hydrogen (secondary N) is 1. The number of carbonyl (C=O) groups is 3. The Morgan fingerprint density at radius 3 is 2.00 bits per heavy atom. The Morgan fingerprint density at radius 2 is 1.54 bits per heavy atom. The zero-order valence-electron chi connectivity index (χ0n) is 17.0. The molecule has 1 aromatic heterocycles. The van der Waals surface area contributed by atoms with E-state index in [4.69, 9.17) is 18.9 Å². The van der Waals surface area contributed by atoms with Gasteiger partial charge in [0.2, 0.25) is 0 Å². The first-order chi connectivity index (χ1) is 13.2. The summed E-state index contributed by atoms with van der Waals surface area (Å²) in [5, 5.41) is 2.62. The molecule has 0 aliphatic rings. The lowest BCUT2D eigenvalue weighted by Crippen LogP contribution is -2.33. The molecule has 1 heterocycles. The van der Waals surface area contributed by atoms with Crippen LogP contribution in [-0.2, 0) is 14.2 Å². The van der Waals surface area contributed by atoms with E-state index < -0.39 is 23.6 Å². The summed E-state index contributed by atoms with van der Waals surface area (Å²) in [6.45, 7) is 9.61. The molecule has 0 unspecified atom stereocenters. The Kier molecular flexibility index (Phi) is 9.20. The van der Waals surface area contributed by atoms with Crippen LogP contribution in [0.2, 0.25) is 0 Å². The number of rotatable bonds is 9. The van der Waals surface area contributed by atoms with Gasteiger partial charge in [0, 0.05) is 18.7 Å². The Hall–Kier alpha value is -2.84. The summed E-state index contributed by atoms with van der Waals surface area (Å²) in [6.07, 6.45) is -0.0176. The third-order valence-electron chi connectivity index (χ3n) is 3.03. The summed E-state index contributed by atoms with van der Waals surface area (Å²) >= 11 is 0. The number of alkyl carbamates (subject to hydrolysis) is 1. The van der Waals surface area contributed by atoms with E-state index in [1.54, 1.807) is 34.6 Å². The van der Waals surface area contributed by atoms with Gasteiger partial charge in [-0.1, -0.05) is 0 Å². The highest BCUT2D eigenvalue weighted by atomic mass is 16.6. The van der Waals surface area contributed by atoms with E-state index in [0.717, 1.165) is 0 Å². The van der Waals surface area contributed by atoms with E-state index in [1.807, 2.05) is 0 Å². The van der Waals surface area contributed by atoms with Crippen molar-refractivity contribution in [1.82, 2.24) is 10.3 Å². The number of hydrogen-bond donors (Lipinski definition) is 1. The van der Waals surface area contributed by atoms with Gasteiger partial charge >= 0.3 is 18.0 Å². The topological polar surface area (TPSA) is 113 Å². The van der Waals surface area contributed by atoms with Crippen molar-refractivity contribution in [2.24, 2.45) is 0 Å². The first-order valence-electron chi connectivity index (χ1n) is 9.12. The van der Waals surface area contributed by atoms with Crippen LogP contribution in [0.15, 0.2) is 12.1 Å². The van der Waals surface area contributed by atoms with Crippen LogP contribution >= 0.6 is 0 Å². The molecular formula is C19H28N2O7. The Labute approximate surface area is 164 Å². The third-order valence-corrected chi connectivity index (χ3v) is 3.03. The van der Waals surface area contributed by atoms with Crippen LogP contribution in [0.5, 0.6) is 5.75 Å². The molecule has 0 bridgehead atoms. The van der Waals surface area contributed by atoms with Crippen molar-refractivity contribution in [2.45, 2.75) is 46.6 Å². The third kappa shape index (κ3) is 8.70. The van der Waals surface area contributed by atoms with Gasteiger partial charge < -0.3 is 24.3 Å². The summed E-state index contributed by atoms with van der Waals surface area (Å²) in [6, 6.07) is 2.78. The summed E-state index contributed by atoms with van der Waals surface area (Å²) in [5.74, 6) is -1.05. The molecule has 0 spiro atoms. The molecule has 0 aliphatic heterocycles. The molecule has 0 radical (unpaired) electrons. The van der Waals surface area contributed by atoms with Gasteiger partial charge in [-0.2, -0.15) is 0 Å². The number of carbonyl (C=O) groups excluding carboxylic acids is 3. The molecule has 1 N–H and O–H groups in total. The number of amides is 1. The fourth-order valence-electron chi connectivity index (χ4n) is 1.97. The van der Waals surface area contributed by atoms with E-state index in [9.17, 15) is 14.4 Å². The maximum absolute atomic E-state index is 11.9. The van der Waals surface area contributed by atoms with Crippen molar-refractivity contribution in [2.75, 3.05) is 26.4 Å². The smallest absolute Gasteiger partial charge is 0.407 e. The van der Waals surface area contributed by atoms with Gasteiger partial charge in [-0.05, 0) is 41.0 Å². The molecule has 0 aliphatic carbocycles. The first kappa shape index (κ1) is 23.2. The quantitative estimate of drug-likeness (QED) is 0.385. The highest BCUT2D eigenvalue weighted by Crippen LogP contribution is 2.16. The minimum atomic E-state index is -0.662.